The number of nitro groups is 2. The maximum Gasteiger partial charge on any atom is 0.514 e. The number of halogens is 1. The zero-order valence-electron chi connectivity index (χ0n) is 25.3. The van der Waals surface area contributed by atoms with Crippen LogP contribution >= 0.6 is 11.6 Å². The second-order valence-corrected chi connectivity index (χ2v) is 9.10. The van der Waals surface area contributed by atoms with E-state index in [1.165, 1.54) is 48.5 Å². The third-order valence-corrected chi connectivity index (χ3v) is 5.58. The van der Waals surface area contributed by atoms with Crippen molar-refractivity contribution in [2.75, 3.05) is 13.2 Å². The van der Waals surface area contributed by atoms with E-state index in [2.05, 4.69) is 4.74 Å². The van der Waals surface area contributed by atoms with Crippen LogP contribution in [0.15, 0.2) is 97.1 Å². The van der Waals surface area contributed by atoms with Crippen LogP contribution in [0.1, 0.15) is 25.0 Å². The van der Waals surface area contributed by atoms with Crippen molar-refractivity contribution < 1.29 is 48.2 Å². The topological polar surface area (TPSA) is 187 Å². The first-order valence-corrected chi connectivity index (χ1v) is 14.2. The van der Waals surface area contributed by atoms with Gasteiger partial charge in [0.1, 0.15) is 29.6 Å². The SMILES string of the molecule is CCOc1ccc(CO)cc1.CCOc1ccc(COC(=O)Oc2ccc([N+](=O)[O-])cc2)cc1.O=C(Cl)Oc1ccc([N+](=O)[O-])cc1. The van der Waals surface area contributed by atoms with Gasteiger partial charge in [-0.15, -0.1) is 0 Å². The first kappa shape index (κ1) is 37.5. The summed E-state index contributed by atoms with van der Waals surface area (Å²) < 4.78 is 24.9. The van der Waals surface area contributed by atoms with Crippen LogP contribution in [0.3, 0.4) is 0 Å². The highest BCUT2D eigenvalue weighted by Crippen LogP contribution is 2.19. The second kappa shape index (κ2) is 20.3. The summed E-state index contributed by atoms with van der Waals surface area (Å²) in [7, 11) is 0. The van der Waals surface area contributed by atoms with Crippen LogP contribution in [0, 0.1) is 20.2 Å². The summed E-state index contributed by atoms with van der Waals surface area (Å²) in [6.45, 7) is 5.24. The van der Waals surface area contributed by atoms with Crippen molar-refractivity contribution in [3.8, 4) is 23.0 Å². The van der Waals surface area contributed by atoms with Gasteiger partial charge in [-0.2, -0.15) is 0 Å². The van der Waals surface area contributed by atoms with Crippen molar-refractivity contribution in [3.63, 3.8) is 0 Å². The molecule has 15 heteroatoms. The molecule has 0 radical (unpaired) electrons. The molecule has 248 valence electrons. The number of rotatable bonds is 11. The summed E-state index contributed by atoms with van der Waals surface area (Å²) in [5.74, 6) is 1.94. The molecule has 0 bridgehead atoms. The molecule has 0 atom stereocenters. The molecule has 0 aliphatic heterocycles. The lowest BCUT2D eigenvalue weighted by molar-refractivity contribution is -0.385. The number of hydrogen-bond donors (Lipinski definition) is 1. The predicted molar refractivity (Wildman–Crippen MR) is 170 cm³/mol. The lowest BCUT2D eigenvalue weighted by Crippen LogP contribution is -2.10. The van der Waals surface area contributed by atoms with Crippen molar-refractivity contribution in [3.05, 3.63) is 128 Å². The van der Waals surface area contributed by atoms with Crippen LogP contribution in [0.4, 0.5) is 21.0 Å². The van der Waals surface area contributed by atoms with Crippen molar-refractivity contribution in [1.29, 1.82) is 0 Å². The minimum Gasteiger partial charge on any atom is -0.494 e. The number of aliphatic hydroxyl groups excluding tert-OH is 1. The molecule has 0 heterocycles. The lowest BCUT2D eigenvalue weighted by atomic mass is 10.2. The fraction of sp³-hybridized carbons (Fsp3) is 0.188. The Morgan fingerprint density at radius 2 is 1.02 bits per heavy atom. The number of hydrogen-bond acceptors (Lipinski definition) is 12. The van der Waals surface area contributed by atoms with Gasteiger partial charge in [-0.05, 0) is 73.5 Å². The molecule has 0 saturated carbocycles. The van der Waals surface area contributed by atoms with E-state index in [0.717, 1.165) is 22.6 Å². The third kappa shape index (κ3) is 14.7. The molecular weight excluding hydrogens is 640 g/mol. The normalized spacial score (nSPS) is 9.70. The number of non-ortho nitro benzene ring substituents is 2. The molecule has 47 heavy (non-hydrogen) atoms. The number of nitrogens with zero attached hydrogens (tertiary/aromatic N) is 2. The maximum atomic E-state index is 11.6. The van der Waals surface area contributed by atoms with Crippen molar-refractivity contribution in [2.24, 2.45) is 0 Å². The Kier molecular flexibility index (Phi) is 16.2. The zero-order chi connectivity index (χ0) is 34.6. The molecular formula is C32H31ClN2O12. The van der Waals surface area contributed by atoms with E-state index in [1.54, 1.807) is 24.3 Å². The minimum absolute atomic E-state index is 0.0538. The summed E-state index contributed by atoms with van der Waals surface area (Å²) in [4.78, 5) is 41.5. The minimum atomic E-state index is -0.978. The predicted octanol–water partition coefficient (Wildman–Crippen LogP) is 7.62. The molecule has 0 spiro atoms. The standard InChI is InChI=1S/C16H15NO6.C9H12O2.C7H4ClNO4/c1-2-21-14-7-3-12(4-8-14)11-22-16(18)23-15-9-5-13(6-10-15)17(19)20;1-2-11-9-5-3-8(7-10)4-6-9;8-7(10)13-6-3-1-5(2-4-6)9(11)12/h3-10H,2,11H2,1H3;3-6,10H,2,7H2,1H3;1-4H. The Labute approximate surface area is 274 Å². The van der Waals surface area contributed by atoms with Crippen molar-refractivity contribution in [2.45, 2.75) is 27.1 Å². The van der Waals surface area contributed by atoms with Gasteiger partial charge in [0.2, 0.25) is 0 Å². The summed E-state index contributed by atoms with van der Waals surface area (Å²) in [6.07, 6.45) is -0.882. The van der Waals surface area contributed by atoms with Crippen molar-refractivity contribution in [1.82, 2.24) is 0 Å². The average molecular weight is 671 g/mol. The largest absolute Gasteiger partial charge is 0.514 e. The van der Waals surface area contributed by atoms with Gasteiger partial charge in [0.25, 0.3) is 11.4 Å². The van der Waals surface area contributed by atoms with E-state index in [0.29, 0.717) is 13.2 Å². The number of aliphatic hydroxyl groups is 1. The highest BCUT2D eigenvalue weighted by molar-refractivity contribution is 6.61. The van der Waals surface area contributed by atoms with Crippen LogP contribution in [-0.4, -0.2) is 39.8 Å². The Bertz CT molecular complexity index is 1560. The monoisotopic (exact) mass is 670 g/mol. The average Bonchev–Trinajstić information content (AvgIpc) is 3.06. The molecule has 0 unspecified atom stereocenters. The van der Waals surface area contributed by atoms with Crippen LogP contribution < -0.4 is 18.9 Å². The molecule has 0 aliphatic rings. The van der Waals surface area contributed by atoms with Crippen LogP contribution in [0.2, 0.25) is 0 Å². The summed E-state index contributed by atoms with van der Waals surface area (Å²) in [6, 6.07) is 24.7. The Balaban J connectivity index is 0.000000270. The number of carbonyl (C=O) groups is 2. The van der Waals surface area contributed by atoms with Gasteiger partial charge in [0, 0.05) is 35.9 Å². The molecule has 0 aliphatic carbocycles. The Morgan fingerprint density at radius 1 is 0.638 bits per heavy atom. The summed E-state index contributed by atoms with van der Waals surface area (Å²) in [5, 5.41) is 29.4. The lowest BCUT2D eigenvalue weighted by Gasteiger charge is -2.07. The maximum absolute atomic E-state index is 11.6. The smallest absolute Gasteiger partial charge is 0.494 e. The van der Waals surface area contributed by atoms with Gasteiger partial charge in [0.15, 0.2) is 0 Å². The molecule has 4 aromatic carbocycles. The number of ether oxygens (including phenoxy) is 5. The molecule has 4 aromatic rings. The van der Waals surface area contributed by atoms with Crippen molar-refractivity contribution >= 4 is 34.6 Å². The first-order valence-electron chi connectivity index (χ1n) is 13.8. The van der Waals surface area contributed by atoms with E-state index in [9.17, 15) is 29.8 Å². The van der Waals surface area contributed by atoms with Gasteiger partial charge < -0.3 is 28.8 Å². The van der Waals surface area contributed by atoms with Crippen LogP contribution in [0.5, 0.6) is 23.0 Å². The quantitative estimate of drug-likeness (QED) is 0.0541. The van der Waals surface area contributed by atoms with Crippen LogP contribution in [0.25, 0.3) is 0 Å². The third-order valence-electron chi connectivity index (χ3n) is 5.50. The summed E-state index contributed by atoms with van der Waals surface area (Å²) >= 11 is 4.92. The molecule has 1 N–H and O–H groups in total. The fourth-order valence-electron chi connectivity index (χ4n) is 3.34. The van der Waals surface area contributed by atoms with Gasteiger partial charge in [-0.25, -0.2) is 9.59 Å². The van der Waals surface area contributed by atoms with Gasteiger partial charge in [-0.3, -0.25) is 20.2 Å². The Morgan fingerprint density at radius 3 is 1.38 bits per heavy atom. The number of nitro benzene ring substituents is 2. The van der Waals surface area contributed by atoms with E-state index in [1.807, 2.05) is 38.1 Å². The molecule has 0 fully saturated rings. The van der Waals surface area contributed by atoms with E-state index >= 15 is 0 Å². The van der Waals surface area contributed by atoms with Gasteiger partial charge >= 0.3 is 11.6 Å². The molecule has 0 aromatic heterocycles. The highest BCUT2D eigenvalue weighted by atomic mass is 35.5. The summed E-state index contributed by atoms with van der Waals surface area (Å²) in [5.41, 5.74) is 0.561. The molecule has 0 amide bonds. The molecule has 4 rings (SSSR count). The Hall–Kier alpha value is -5.73. The molecule has 14 nitrogen and oxygen atoms in total. The van der Waals surface area contributed by atoms with E-state index in [4.69, 9.17) is 35.7 Å². The van der Waals surface area contributed by atoms with E-state index in [-0.39, 0.29) is 36.1 Å². The number of carbonyl (C=O) groups excluding carboxylic acids is 2. The van der Waals surface area contributed by atoms with Crippen LogP contribution in [-0.2, 0) is 18.0 Å². The number of benzene rings is 4. The highest BCUT2D eigenvalue weighted by Gasteiger charge is 2.10. The van der Waals surface area contributed by atoms with Gasteiger partial charge in [-0.1, -0.05) is 24.3 Å². The molecule has 0 saturated heterocycles. The first-order chi connectivity index (χ1) is 22.5. The van der Waals surface area contributed by atoms with Gasteiger partial charge in [0.05, 0.1) is 29.7 Å². The van der Waals surface area contributed by atoms with E-state index < -0.39 is 21.4 Å². The fourth-order valence-corrected chi connectivity index (χ4v) is 3.43. The second-order valence-electron chi connectivity index (χ2n) is 8.79. The zero-order valence-corrected chi connectivity index (χ0v) is 26.0.